The van der Waals surface area contributed by atoms with Crippen LogP contribution < -0.4 is 14.8 Å². The van der Waals surface area contributed by atoms with Gasteiger partial charge >= 0.3 is 0 Å². The molecule has 1 aromatic heterocycles. The molecule has 3 rings (SSSR count). The van der Waals surface area contributed by atoms with Gasteiger partial charge in [-0.05, 0) is 42.7 Å². The van der Waals surface area contributed by atoms with Crippen molar-refractivity contribution < 1.29 is 9.47 Å². The Labute approximate surface area is 131 Å². The minimum absolute atomic E-state index is 0.590. The van der Waals surface area contributed by atoms with Crippen LogP contribution >= 0.6 is 0 Å². The molecule has 1 aromatic carbocycles. The first-order chi connectivity index (χ1) is 10.8. The molecule has 4 nitrogen and oxygen atoms in total. The summed E-state index contributed by atoms with van der Waals surface area (Å²) in [5, 5.41) is 3.51. The molecule has 1 heterocycles. The maximum atomic E-state index is 5.90. The molecule has 0 aliphatic heterocycles. The van der Waals surface area contributed by atoms with Crippen molar-refractivity contribution in [2.45, 2.75) is 31.8 Å². The second-order valence-electron chi connectivity index (χ2n) is 5.56. The van der Waals surface area contributed by atoms with E-state index in [1.54, 1.807) is 13.3 Å². The lowest BCUT2D eigenvalue weighted by molar-refractivity contribution is 0.296. The quantitative estimate of drug-likeness (QED) is 0.813. The van der Waals surface area contributed by atoms with Crippen molar-refractivity contribution in [3.63, 3.8) is 0 Å². The van der Waals surface area contributed by atoms with Crippen molar-refractivity contribution >= 4 is 0 Å². The Kier molecular flexibility index (Phi) is 4.91. The van der Waals surface area contributed by atoms with Crippen molar-refractivity contribution in [2.75, 3.05) is 13.7 Å². The molecule has 0 bridgehead atoms. The van der Waals surface area contributed by atoms with Gasteiger partial charge in [0.05, 0.1) is 13.7 Å². The van der Waals surface area contributed by atoms with Crippen LogP contribution in [0.1, 0.15) is 24.1 Å². The Hall–Kier alpha value is -2.07. The summed E-state index contributed by atoms with van der Waals surface area (Å²) in [7, 11) is 1.67. The molecule has 1 aliphatic rings. The van der Waals surface area contributed by atoms with Crippen molar-refractivity contribution in [2.24, 2.45) is 0 Å². The van der Waals surface area contributed by atoms with Crippen molar-refractivity contribution in [3.05, 3.63) is 53.9 Å². The van der Waals surface area contributed by atoms with Crippen molar-refractivity contribution in [3.8, 4) is 11.5 Å². The SMILES string of the molecule is COc1ccc(CNC2CC2)cc1OCCc1ccccn1. The summed E-state index contributed by atoms with van der Waals surface area (Å²) in [6.45, 7) is 1.47. The second kappa shape index (κ2) is 7.27. The zero-order valence-electron chi connectivity index (χ0n) is 12.9. The summed E-state index contributed by atoms with van der Waals surface area (Å²) < 4.78 is 11.3. The largest absolute Gasteiger partial charge is 0.493 e. The van der Waals surface area contributed by atoms with E-state index in [9.17, 15) is 0 Å². The molecule has 0 atom stereocenters. The van der Waals surface area contributed by atoms with Crippen LogP contribution in [0.3, 0.4) is 0 Å². The summed E-state index contributed by atoms with van der Waals surface area (Å²) in [4.78, 5) is 4.30. The summed E-state index contributed by atoms with van der Waals surface area (Å²) in [5.41, 5.74) is 2.26. The third-order valence-electron chi connectivity index (χ3n) is 3.74. The first kappa shape index (κ1) is 14.9. The van der Waals surface area contributed by atoms with Gasteiger partial charge in [-0.15, -0.1) is 0 Å². The highest BCUT2D eigenvalue weighted by Gasteiger charge is 2.20. The lowest BCUT2D eigenvalue weighted by Gasteiger charge is -2.12. The molecular weight excluding hydrogens is 276 g/mol. The van der Waals surface area contributed by atoms with E-state index in [1.807, 2.05) is 24.3 Å². The molecular formula is C18H22N2O2. The van der Waals surface area contributed by atoms with Crippen LogP contribution in [0.2, 0.25) is 0 Å². The van der Waals surface area contributed by atoms with Gasteiger partial charge in [0.2, 0.25) is 0 Å². The third-order valence-corrected chi connectivity index (χ3v) is 3.74. The molecule has 0 radical (unpaired) electrons. The monoisotopic (exact) mass is 298 g/mol. The van der Waals surface area contributed by atoms with Gasteiger partial charge in [-0.1, -0.05) is 12.1 Å². The lowest BCUT2D eigenvalue weighted by Crippen LogP contribution is -2.15. The minimum Gasteiger partial charge on any atom is -0.493 e. The molecule has 0 unspecified atom stereocenters. The van der Waals surface area contributed by atoms with Crippen LogP contribution in [-0.2, 0) is 13.0 Å². The summed E-state index contributed by atoms with van der Waals surface area (Å²) >= 11 is 0. The molecule has 1 saturated carbocycles. The van der Waals surface area contributed by atoms with E-state index >= 15 is 0 Å². The normalized spacial score (nSPS) is 13.9. The summed E-state index contributed by atoms with van der Waals surface area (Å²) in [6.07, 6.45) is 5.18. The number of nitrogens with zero attached hydrogens (tertiary/aromatic N) is 1. The van der Waals surface area contributed by atoms with Crippen LogP contribution in [-0.4, -0.2) is 24.7 Å². The van der Waals surface area contributed by atoms with Gasteiger partial charge in [0.25, 0.3) is 0 Å². The van der Waals surface area contributed by atoms with Gasteiger partial charge in [-0.25, -0.2) is 0 Å². The fourth-order valence-corrected chi connectivity index (χ4v) is 2.31. The van der Waals surface area contributed by atoms with Crippen LogP contribution in [0.25, 0.3) is 0 Å². The molecule has 1 fully saturated rings. The number of aromatic nitrogens is 1. The van der Waals surface area contributed by atoms with Gasteiger partial charge in [-0.3, -0.25) is 4.98 Å². The molecule has 1 N–H and O–H groups in total. The predicted molar refractivity (Wildman–Crippen MR) is 86.3 cm³/mol. The highest BCUT2D eigenvalue weighted by molar-refractivity contribution is 5.43. The first-order valence-electron chi connectivity index (χ1n) is 7.78. The lowest BCUT2D eigenvalue weighted by atomic mass is 10.2. The van der Waals surface area contributed by atoms with E-state index in [2.05, 4.69) is 22.4 Å². The van der Waals surface area contributed by atoms with Crippen LogP contribution in [0, 0.1) is 0 Å². The predicted octanol–water partition coefficient (Wildman–Crippen LogP) is 2.96. The minimum atomic E-state index is 0.590. The van der Waals surface area contributed by atoms with Crippen molar-refractivity contribution in [1.29, 1.82) is 0 Å². The van der Waals surface area contributed by atoms with Gasteiger partial charge in [0.15, 0.2) is 11.5 Å². The molecule has 116 valence electrons. The number of methoxy groups -OCH3 is 1. The molecule has 22 heavy (non-hydrogen) atoms. The highest BCUT2D eigenvalue weighted by Crippen LogP contribution is 2.28. The van der Waals surface area contributed by atoms with E-state index in [0.29, 0.717) is 12.6 Å². The van der Waals surface area contributed by atoms with E-state index in [-0.39, 0.29) is 0 Å². The Morgan fingerprint density at radius 2 is 2.09 bits per heavy atom. The Morgan fingerprint density at radius 1 is 1.18 bits per heavy atom. The van der Waals surface area contributed by atoms with Gasteiger partial charge < -0.3 is 14.8 Å². The Balaban J connectivity index is 1.58. The van der Waals surface area contributed by atoms with E-state index < -0.39 is 0 Å². The standard InChI is InChI=1S/C18H22N2O2/c1-21-17-8-5-14(13-20-16-6-7-16)12-18(17)22-11-9-15-4-2-3-10-19-15/h2-5,8,10,12,16,20H,6-7,9,11,13H2,1H3. The van der Waals surface area contributed by atoms with Gasteiger partial charge in [0.1, 0.15) is 0 Å². The Morgan fingerprint density at radius 3 is 2.82 bits per heavy atom. The molecule has 0 saturated heterocycles. The third kappa shape index (κ3) is 4.21. The average Bonchev–Trinajstić information content (AvgIpc) is 3.38. The number of ether oxygens (including phenoxy) is 2. The smallest absolute Gasteiger partial charge is 0.161 e. The highest BCUT2D eigenvalue weighted by atomic mass is 16.5. The zero-order valence-corrected chi connectivity index (χ0v) is 12.9. The van der Waals surface area contributed by atoms with Crippen LogP contribution in [0.5, 0.6) is 11.5 Å². The van der Waals surface area contributed by atoms with Crippen LogP contribution in [0.15, 0.2) is 42.6 Å². The van der Waals surface area contributed by atoms with Crippen LogP contribution in [0.4, 0.5) is 0 Å². The summed E-state index contributed by atoms with van der Waals surface area (Å²) in [6, 6.07) is 12.7. The molecule has 0 spiro atoms. The van der Waals surface area contributed by atoms with E-state index in [4.69, 9.17) is 9.47 Å². The summed E-state index contributed by atoms with van der Waals surface area (Å²) in [5.74, 6) is 1.57. The molecule has 1 aliphatic carbocycles. The van der Waals surface area contributed by atoms with Gasteiger partial charge in [-0.2, -0.15) is 0 Å². The topological polar surface area (TPSA) is 43.4 Å². The first-order valence-corrected chi connectivity index (χ1v) is 7.78. The van der Waals surface area contributed by atoms with Crippen molar-refractivity contribution in [1.82, 2.24) is 10.3 Å². The second-order valence-corrected chi connectivity index (χ2v) is 5.56. The fraction of sp³-hybridized carbons (Fsp3) is 0.389. The number of benzene rings is 1. The molecule has 2 aromatic rings. The average molecular weight is 298 g/mol. The molecule has 4 heteroatoms. The van der Waals surface area contributed by atoms with E-state index in [1.165, 1.54) is 18.4 Å². The molecule has 0 amide bonds. The number of nitrogens with one attached hydrogen (secondary N) is 1. The number of pyridine rings is 1. The maximum Gasteiger partial charge on any atom is 0.161 e. The maximum absolute atomic E-state index is 5.90. The zero-order chi connectivity index (χ0) is 15.2. The number of rotatable bonds is 8. The fourth-order valence-electron chi connectivity index (χ4n) is 2.31. The number of hydrogen-bond acceptors (Lipinski definition) is 4. The van der Waals surface area contributed by atoms with Gasteiger partial charge in [0, 0.05) is 30.9 Å². The van der Waals surface area contributed by atoms with E-state index in [0.717, 1.165) is 30.2 Å². The Bertz CT molecular complexity index is 597. The number of hydrogen-bond donors (Lipinski definition) is 1.